The lowest BCUT2D eigenvalue weighted by molar-refractivity contribution is -0.697. The monoisotopic (exact) mass is 404 g/mol. The van der Waals surface area contributed by atoms with E-state index in [4.69, 9.17) is 0 Å². The van der Waals surface area contributed by atoms with Gasteiger partial charge in [0.1, 0.15) is 17.9 Å². The number of aromatic nitrogens is 2. The standard InChI is InChI=1S/C15H29N2O3P.BF4/c1-4-7-8-9-10-16-11-12-17(14-16)15(5-2,6-3)13-21(18,19)20;2-1(3,4)5/h11-12,14H,4-10,13H2,1-3H3,(H-,18,19,20);/q;-1/p+1. The molecular weight excluding hydrogens is 374 g/mol. The minimum atomic E-state index is -6.00. The summed E-state index contributed by atoms with van der Waals surface area (Å²) in [6.07, 6.45) is 12.1. The molecule has 0 spiro atoms. The molecule has 26 heavy (non-hydrogen) atoms. The molecule has 11 heteroatoms. The number of hydrogen-bond acceptors (Lipinski definition) is 1. The Labute approximate surface area is 152 Å². The second-order valence-corrected chi connectivity index (χ2v) is 8.01. The summed E-state index contributed by atoms with van der Waals surface area (Å²) in [6, 6.07) is 0. The van der Waals surface area contributed by atoms with Crippen LogP contribution in [0.5, 0.6) is 0 Å². The number of nitrogens with zero attached hydrogens (tertiary/aromatic N) is 2. The maximum Gasteiger partial charge on any atom is 0.673 e. The number of halogens is 4. The van der Waals surface area contributed by atoms with Crippen molar-refractivity contribution in [1.82, 2.24) is 4.57 Å². The van der Waals surface area contributed by atoms with Crippen LogP contribution in [0, 0.1) is 0 Å². The summed E-state index contributed by atoms with van der Waals surface area (Å²) < 4.78 is 54.6. The van der Waals surface area contributed by atoms with Crippen LogP contribution in [0.2, 0.25) is 0 Å². The van der Waals surface area contributed by atoms with Gasteiger partial charge in [-0.15, -0.1) is 0 Å². The molecule has 0 unspecified atom stereocenters. The summed E-state index contributed by atoms with van der Waals surface area (Å²) in [5.74, 6) is 0. The van der Waals surface area contributed by atoms with E-state index in [1.54, 1.807) is 0 Å². The molecule has 0 aliphatic rings. The molecular formula is C15H30BF4N2O3P. The first-order valence-electron chi connectivity index (χ1n) is 8.86. The molecule has 0 saturated heterocycles. The zero-order valence-corrected chi connectivity index (χ0v) is 16.5. The van der Waals surface area contributed by atoms with E-state index in [1.807, 2.05) is 37.1 Å². The van der Waals surface area contributed by atoms with Crippen molar-refractivity contribution in [3.63, 3.8) is 0 Å². The van der Waals surface area contributed by atoms with Gasteiger partial charge in [0, 0.05) is 0 Å². The molecule has 1 heterocycles. The Morgan fingerprint density at radius 1 is 1.08 bits per heavy atom. The van der Waals surface area contributed by atoms with Crippen molar-refractivity contribution in [1.29, 1.82) is 0 Å². The number of unbranched alkanes of at least 4 members (excludes halogenated alkanes) is 3. The number of aryl methyl sites for hydroxylation is 1. The smallest absolute Gasteiger partial charge is 0.418 e. The molecule has 0 atom stereocenters. The van der Waals surface area contributed by atoms with Crippen molar-refractivity contribution in [3.8, 4) is 0 Å². The molecule has 0 amide bonds. The van der Waals surface area contributed by atoms with Crippen molar-refractivity contribution in [2.45, 2.75) is 71.4 Å². The first-order valence-corrected chi connectivity index (χ1v) is 10.7. The second kappa shape index (κ2) is 11.1. The fourth-order valence-electron chi connectivity index (χ4n) is 2.83. The maximum atomic E-state index is 11.5. The number of rotatable bonds is 10. The first kappa shape index (κ1) is 25.1. The van der Waals surface area contributed by atoms with Crippen LogP contribution >= 0.6 is 7.60 Å². The Balaban J connectivity index is 0.00000110. The van der Waals surface area contributed by atoms with E-state index in [1.165, 1.54) is 19.3 Å². The van der Waals surface area contributed by atoms with Crippen LogP contribution < -0.4 is 4.57 Å². The van der Waals surface area contributed by atoms with Gasteiger partial charge in [-0.05, 0) is 25.7 Å². The van der Waals surface area contributed by atoms with Crippen molar-refractivity contribution in [3.05, 3.63) is 18.7 Å². The van der Waals surface area contributed by atoms with Crippen LogP contribution in [-0.4, -0.2) is 27.8 Å². The van der Waals surface area contributed by atoms with Gasteiger partial charge in [-0.2, -0.15) is 0 Å². The van der Waals surface area contributed by atoms with Crippen LogP contribution in [0.25, 0.3) is 0 Å². The third-order valence-corrected chi connectivity index (χ3v) is 5.33. The normalized spacial score (nSPS) is 12.7. The van der Waals surface area contributed by atoms with Crippen molar-refractivity contribution >= 4 is 14.9 Å². The minimum absolute atomic E-state index is 0.0997. The summed E-state index contributed by atoms with van der Waals surface area (Å²) >= 11 is 0. The van der Waals surface area contributed by atoms with E-state index in [0.717, 1.165) is 13.0 Å². The molecule has 0 fully saturated rings. The molecule has 0 radical (unpaired) electrons. The van der Waals surface area contributed by atoms with Gasteiger partial charge in [-0.25, -0.2) is 9.13 Å². The van der Waals surface area contributed by atoms with Crippen molar-refractivity contribution < 1.29 is 36.2 Å². The largest absolute Gasteiger partial charge is 0.673 e. The average molecular weight is 404 g/mol. The SMILES string of the molecule is CCCCCC[n+]1ccn(C(CC)(CC)CP(=O)(O)O)c1.F[B-](F)(F)F. The molecule has 0 aliphatic carbocycles. The summed E-state index contributed by atoms with van der Waals surface area (Å²) in [4.78, 5) is 18.8. The fourth-order valence-corrected chi connectivity index (χ4v) is 4.21. The molecule has 0 saturated carbocycles. The Hall–Kier alpha value is -0.855. The highest BCUT2D eigenvalue weighted by atomic mass is 31.2. The van der Waals surface area contributed by atoms with Gasteiger partial charge < -0.3 is 27.0 Å². The Morgan fingerprint density at radius 2 is 1.62 bits per heavy atom. The van der Waals surface area contributed by atoms with E-state index in [0.29, 0.717) is 12.8 Å². The summed E-state index contributed by atoms with van der Waals surface area (Å²) in [5.41, 5.74) is -0.492. The second-order valence-electron chi connectivity index (χ2n) is 6.37. The van der Waals surface area contributed by atoms with Gasteiger partial charge >= 0.3 is 14.9 Å². The third-order valence-electron chi connectivity index (χ3n) is 4.33. The van der Waals surface area contributed by atoms with Crippen LogP contribution in [0.15, 0.2) is 18.7 Å². The predicted octanol–water partition coefficient (Wildman–Crippen LogP) is 4.35. The lowest BCUT2D eigenvalue weighted by atomic mass is 9.95. The van der Waals surface area contributed by atoms with Gasteiger partial charge in [-0.1, -0.05) is 33.6 Å². The molecule has 2 N–H and O–H groups in total. The Morgan fingerprint density at radius 3 is 2.04 bits per heavy atom. The third kappa shape index (κ3) is 11.0. The molecule has 1 aromatic heterocycles. The van der Waals surface area contributed by atoms with E-state index < -0.39 is 20.4 Å². The summed E-state index contributed by atoms with van der Waals surface area (Å²) in [7, 11) is -10.0. The molecule has 0 aliphatic heterocycles. The van der Waals surface area contributed by atoms with Crippen molar-refractivity contribution in [2.24, 2.45) is 0 Å². The molecule has 154 valence electrons. The predicted molar refractivity (Wildman–Crippen MR) is 94.4 cm³/mol. The molecule has 1 aromatic rings. The van der Waals surface area contributed by atoms with Crippen LogP contribution in [0.4, 0.5) is 17.3 Å². The van der Waals surface area contributed by atoms with Gasteiger partial charge in [0.05, 0.1) is 12.7 Å². The average Bonchev–Trinajstić information content (AvgIpc) is 2.96. The lowest BCUT2D eigenvalue weighted by Crippen LogP contribution is -2.38. The highest BCUT2D eigenvalue weighted by Crippen LogP contribution is 2.43. The fraction of sp³-hybridized carbons (Fsp3) is 0.800. The summed E-state index contributed by atoms with van der Waals surface area (Å²) in [6.45, 7) is 7.14. The van der Waals surface area contributed by atoms with Crippen LogP contribution in [0.3, 0.4) is 0 Å². The minimum Gasteiger partial charge on any atom is -0.418 e. The highest BCUT2D eigenvalue weighted by Gasteiger charge is 2.39. The van der Waals surface area contributed by atoms with E-state index in [-0.39, 0.29) is 6.16 Å². The van der Waals surface area contributed by atoms with Crippen LogP contribution in [-0.2, 0) is 16.6 Å². The molecule has 1 rings (SSSR count). The zero-order chi connectivity index (χ0) is 20.4. The van der Waals surface area contributed by atoms with Gasteiger partial charge in [0.25, 0.3) is 0 Å². The Kier molecular flexibility index (Phi) is 10.7. The van der Waals surface area contributed by atoms with Gasteiger partial charge in [-0.3, -0.25) is 4.57 Å². The molecule has 0 aromatic carbocycles. The number of imidazole rings is 1. The van der Waals surface area contributed by atoms with E-state index in [9.17, 15) is 31.6 Å². The number of hydrogen-bond donors (Lipinski definition) is 2. The lowest BCUT2D eigenvalue weighted by Gasteiger charge is -2.28. The quantitative estimate of drug-likeness (QED) is 0.200. The van der Waals surface area contributed by atoms with Gasteiger partial charge in [0.15, 0.2) is 0 Å². The topological polar surface area (TPSA) is 66.3 Å². The van der Waals surface area contributed by atoms with E-state index >= 15 is 0 Å². The summed E-state index contributed by atoms with van der Waals surface area (Å²) in [5, 5.41) is 0. The molecule has 5 nitrogen and oxygen atoms in total. The zero-order valence-electron chi connectivity index (χ0n) is 15.6. The molecule has 0 bridgehead atoms. The first-order chi connectivity index (χ1) is 11.9. The maximum absolute atomic E-state index is 11.5. The highest BCUT2D eigenvalue weighted by molar-refractivity contribution is 7.51. The van der Waals surface area contributed by atoms with Gasteiger partial charge in [0.2, 0.25) is 6.33 Å². The van der Waals surface area contributed by atoms with Crippen molar-refractivity contribution in [2.75, 3.05) is 6.16 Å². The Bertz CT molecular complexity index is 553. The van der Waals surface area contributed by atoms with Crippen LogP contribution in [0.1, 0.15) is 59.3 Å². The van der Waals surface area contributed by atoms with E-state index in [2.05, 4.69) is 11.5 Å².